The Morgan fingerprint density at radius 2 is 2.00 bits per heavy atom. The number of halogens is 4. The summed E-state index contributed by atoms with van der Waals surface area (Å²) >= 11 is 6.89. The van der Waals surface area contributed by atoms with Gasteiger partial charge in [-0.1, -0.05) is 11.6 Å². The molecule has 3 rings (SSSR count). The average molecular weight is 356 g/mol. The standard InChI is InChI=1S/C15H9ClF3N3S/c16-12-4-3-10(6-11(12)15(17,18)19)21-14-22-13(8-23-14)9-2-1-5-20-7-9/h1-8H,(H,21,22). The third kappa shape index (κ3) is 3.62. The maximum Gasteiger partial charge on any atom is 0.417 e. The van der Waals surface area contributed by atoms with Gasteiger partial charge in [0.15, 0.2) is 5.13 Å². The van der Waals surface area contributed by atoms with E-state index in [0.717, 1.165) is 11.6 Å². The van der Waals surface area contributed by atoms with Gasteiger partial charge in [-0.3, -0.25) is 4.98 Å². The fourth-order valence-corrected chi connectivity index (χ4v) is 2.89. The molecule has 0 atom stereocenters. The number of nitrogens with zero attached hydrogens (tertiary/aromatic N) is 2. The van der Waals surface area contributed by atoms with Gasteiger partial charge in [-0.15, -0.1) is 11.3 Å². The molecule has 2 aromatic heterocycles. The molecule has 0 radical (unpaired) electrons. The summed E-state index contributed by atoms with van der Waals surface area (Å²) in [5.74, 6) is 0. The number of nitrogens with one attached hydrogen (secondary N) is 1. The first-order valence-electron chi connectivity index (χ1n) is 6.43. The van der Waals surface area contributed by atoms with E-state index in [9.17, 15) is 13.2 Å². The lowest BCUT2D eigenvalue weighted by Crippen LogP contribution is -2.06. The van der Waals surface area contributed by atoms with E-state index in [-0.39, 0.29) is 10.7 Å². The zero-order valence-electron chi connectivity index (χ0n) is 11.4. The molecule has 8 heteroatoms. The van der Waals surface area contributed by atoms with E-state index < -0.39 is 11.7 Å². The van der Waals surface area contributed by atoms with E-state index in [2.05, 4.69) is 15.3 Å². The van der Waals surface area contributed by atoms with Gasteiger partial charge in [-0.2, -0.15) is 13.2 Å². The average Bonchev–Trinajstić information content (AvgIpc) is 2.97. The Labute approximate surface area is 138 Å². The van der Waals surface area contributed by atoms with Crippen LogP contribution in [0.3, 0.4) is 0 Å². The molecule has 0 aliphatic rings. The zero-order valence-corrected chi connectivity index (χ0v) is 13.0. The summed E-state index contributed by atoms with van der Waals surface area (Å²) in [5.41, 5.74) is 0.932. The van der Waals surface area contributed by atoms with Crippen LogP contribution in [0.2, 0.25) is 5.02 Å². The number of pyridine rings is 1. The van der Waals surface area contributed by atoms with Crippen LogP contribution in [0.1, 0.15) is 5.56 Å². The largest absolute Gasteiger partial charge is 0.417 e. The van der Waals surface area contributed by atoms with Crippen molar-refractivity contribution in [2.75, 3.05) is 5.32 Å². The van der Waals surface area contributed by atoms with E-state index in [1.807, 2.05) is 6.07 Å². The van der Waals surface area contributed by atoms with Crippen molar-refractivity contribution in [1.29, 1.82) is 0 Å². The first-order chi connectivity index (χ1) is 10.9. The highest BCUT2D eigenvalue weighted by molar-refractivity contribution is 7.14. The van der Waals surface area contributed by atoms with E-state index in [4.69, 9.17) is 11.6 Å². The van der Waals surface area contributed by atoms with Crippen molar-refractivity contribution in [1.82, 2.24) is 9.97 Å². The molecule has 0 spiro atoms. The molecule has 118 valence electrons. The minimum absolute atomic E-state index is 0.272. The van der Waals surface area contributed by atoms with Gasteiger partial charge in [-0.05, 0) is 30.3 Å². The Bertz CT molecular complexity index is 818. The van der Waals surface area contributed by atoms with Crippen molar-refractivity contribution in [3.63, 3.8) is 0 Å². The maximum atomic E-state index is 12.9. The third-order valence-corrected chi connectivity index (χ3v) is 4.07. The van der Waals surface area contributed by atoms with Crippen LogP contribution in [0.15, 0.2) is 48.1 Å². The molecule has 0 aliphatic carbocycles. The van der Waals surface area contributed by atoms with Crippen molar-refractivity contribution >= 4 is 33.8 Å². The van der Waals surface area contributed by atoms with Crippen molar-refractivity contribution < 1.29 is 13.2 Å². The second-order valence-corrected chi connectivity index (χ2v) is 5.86. The summed E-state index contributed by atoms with van der Waals surface area (Å²) in [5, 5.41) is 4.82. The number of alkyl halides is 3. The molecule has 3 aromatic rings. The van der Waals surface area contributed by atoms with Gasteiger partial charge in [0.1, 0.15) is 0 Å². The first kappa shape index (κ1) is 15.8. The number of anilines is 2. The third-order valence-electron chi connectivity index (χ3n) is 2.98. The Morgan fingerprint density at radius 1 is 1.17 bits per heavy atom. The zero-order chi connectivity index (χ0) is 16.4. The highest BCUT2D eigenvalue weighted by Gasteiger charge is 2.33. The quantitative estimate of drug-likeness (QED) is 0.662. The van der Waals surface area contributed by atoms with Gasteiger partial charge in [-0.25, -0.2) is 4.98 Å². The lowest BCUT2D eigenvalue weighted by atomic mass is 10.2. The molecule has 0 aliphatic heterocycles. The highest BCUT2D eigenvalue weighted by atomic mass is 35.5. The van der Waals surface area contributed by atoms with Crippen molar-refractivity contribution in [2.45, 2.75) is 6.18 Å². The number of benzene rings is 1. The molecule has 0 amide bonds. The van der Waals surface area contributed by atoms with Crippen molar-refractivity contribution in [3.05, 3.63) is 58.7 Å². The van der Waals surface area contributed by atoms with Crippen LogP contribution in [0, 0.1) is 0 Å². The molecule has 0 saturated heterocycles. The van der Waals surface area contributed by atoms with E-state index in [1.165, 1.54) is 23.5 Å². The fraction of sp³-hybridized carbons (Fsp3) is 0.0667. The highest BCUT2D eigenvalue weighted by Crippen LogP contribution is 2.37. The molecule has 0 fully saturated rings. The summed E-state index contributed by atoms with van der Waals surface area (Å²) in [4.78, 5) is 8.35. The molecular formula is C15H9ClF3N3S. The Kier molecular flexibility index (Phi) is 4.23. The molecule has 0 bridgehead atoms. The fourth-order valence-electron chi connectivity index (χ4n) is 1.92. The van der Waals surface area contributed by atoms with E-state index in [1.54, 1.807) is 23.8 Å². The molecule has 0 saturated carbocycles. The van der Waals surface area contributed by atoms with Crippen LogP contribution in [-0.2, 0) is 6.18 Å². The van der Waals surface area contributed by atoms with Gasteiger partial charge in [0, 0.05) is 29.0 Å². The summed E-state index contributed by atoms with van der Waals surface area (Å²) < 4.78 is 38.6. The van der Waals surface area contributed by atoms with E-state index in [0.29, 0.717) is 10.8 Å². The second kappa shape index (κ2) is 6.17. The Hall–Kier alpha value is -2.12. The number of hydrogen-bond acceptors (Lipinski definition) is 4. The predicted octanol–water partition coefficient (Wildman–Crippen LogP) is 5.62. The molecule has 0 unspecified atom stereocenters. The smallest absolute Gasteiger partial charge is 0.332 e. The van der Waals surface area contributed by atoms with Crippen LogP contribution in [-0.4, -0.2) is 9.97 Å². The van der Waals surface area contributed by atoms with Crippen LogP contribution in [0.25, 0.3) is 11.3 Å². The SMILES string of the molecule is FC(F)(F)c1cc(Nc2nc(-c3cccnc3)cs2)ccc1Cl. The molecule has 1 N–H and O–H groups in total. The first-order valence-corrected chi connectivity index (χ1v) is 7.69. The predicted molar refractivity (Wildman–Crippen MR) is 85.1 cm³/mol. The molecule has 3 nitrogen and oxygen atoms in total. The van der Waals surface area contributed by atoms with Crippen molar-refractivity contribution in [3.8, 4) is 11.3 Å². The summed E-state index contributed by atoms with van der Waals surface area (Å²) in [6.07, 6.45) is -1.18. The van der Waals surface area contributed by atoms with Gasteiger partial charge >= 0.3 is 6.18 Å². The number of rotatable bonds is 3. The summed E-state index contributed by atoms with van der Waals surface area (Å²) in [6.45, 7) is 0. The van der Waals surface area contributed by atoms with Crippen LogP contribution < -0.4 is 5.32 Å². The van der Waals surface area contributed by atoms with Gasteiger partial charge < -0.3 is 5.32 Å². The number of aromatic nitrogens is 2. The molecule has 23 heavy (non-hydrogen) atoms. The monoisotopic (exact) mass is 355 g/mol. The minimum atomic E-state index is -4.50. The Morgan fingerprint density at radius 3 is 2.70 bits per heavy atom. The Balaban J connectivity index is 1.85. The topological polar surface area (TPSA) is 37.8 Å². The minimum Gasteiger partial charge on any atom is -0.332 e. The number of thiazole rings is 1. The van der Waals surface area contributed by atoms with Crippen molar-refractivity contribution in [2.24, 2.45) is 0 Å². The normalized spacial score (nSPS) is 11.5. The lowest BCUT2D eigenvalue weighted by Gasteiger charge is -2.11. The molecule has 1 aromatic carbocycles. The van der Waals surface area contributed by atoms with Gasteiger partial charge in [0.2, 0.25) is 0 Å². The number of hydrogen-bond donors (Lipinski definition) is 1. The molecule has 2 heterocycles. The van der Waals surface area contributed by atoms with Gasteiger partial charge in [0.05, 0.1) is 16.3 Å². The summed E-state index contributed by atoms with van der Waals surface area (Å²) in [7, 11) is 0. The van der Waals surface area contributed by atoms with Gasteiger partial charge in [0.25, 0.3) is 0 Å². The van der Waals surface area contributed by atoms with E-state index >= 15 is 0 Å². The van der Waals surface area contributed by atoms with Crippen LogP contribution in [0.4, 0.5) is 24.0 Å². The molecular weight excluding hydrogens is 347 g/mol. The van der Waals surface area contributed by atoms with Crippen LogP contribution >= 0.6 is 22.9 Å². The maximum absolute atomic E-state index is 12.9. The summed E-state index contributed by atoms with van der Waals surface area (Å²) in [6, 6.07) is 7.30. The second-order valence-electron chi connectivity index (χ2n) is 4.60. The van der Waals surface area contributed by atoms with Crippen LogP contribution in [0.5, 0.6) is 0 Å². The lowest BCUT2D eigenvalue weighted by molar-refractivity contribution is -0.137.